The molecular weight excluding hydrogens is 350 g/mol. The molecule has 138 valence electrons. The second-order valence-corrected chi connectivity index (χ2v) is 5.86. The van der Waals surface area contributed by atoms with Gasteiger partial charge in [-0.1, -0.05) is 6.07 Å². The highest BCUT2D eigenvalue weighted by atomic mass is 16.4. The molecule has 2 amide bonds. The molecule has 3 aromatic rings. The van der Waals surface area contributed by atoms with Crippen LogP contribution in [0.3, 0.4) is 0 Å². The number of hydrogen-bond donors (Lipinski definition) is 2. The first-order valence-corrected chi connectivity index (χ1v) is 8.02. The third-order valence-corrected chi connectivity index (χ3v) is 4.03. The van der Waals surface area contributed by atoms with Crippen molar-refractivity contribution in [2.45, 2.75) is 20.8 Å². The predicted molar refractivity (Wildman–Crippen MR) is 96.0 cm³/mol. The number of primary amides is 1. The van der Waals surface area contributed by atoms with Gasteiger partial charge in [-0.05, 0) is 32.9 Å². The summed E-state index contributed by atoms with van der Waals surface area (Å²) >= 11 is 0. The molecule has 0 aliphatic carbocycles. The lowest BCUT2D eigenvalue weighted by Crippen LogP contribution is -2.19. The smallest absolute Gasteiger partial charge is 0.261 e. The number of aromatic nitrogens is 3. The van der Waals surface area contributed by atoms with E-state index in [1.165, 1.54) is 24.7 Å². The lowest BCUT2D eigenvalue weighted by Gasteiger charge is -2.05. The number of rotatable bonds is 5. The van der Waals surface area contributed by atoms with Crippen molar-refractivity contribution in [2.24, 2.45) is 5.73 Å². The van der Waals surface area contributed by atoms with Crippen LogP contribution in [-0.4, -0.2) is 32.4 Å². The molecule has 3 rings (SSSR count). The van der Waals surface area contributed by atoms with Crippen LogP contribution in [0, 0.1) is 13.8 Å². The van der Waals surface area contributed by atoms with E-state index in [0.717, 1.165) is 0 Å². The van der Waals surface area contributed by atoms with Gasteiger partial charge in [-0.25, -0.2) is 9.67 Å². The van der Waals surface area contributed by atoms with E-state index in [0.29, 0.717) is 11.5 Å². The zero-order chi connectivity index (χ0) is 19.7. The molecule has 3 N–H and O–H groups in total. The van der Waals surface area contributed by atoms with E-state index in [1.54, 1.807) is 31.3 Å². The summed E-state index contributed by atoms with van der Waals surface area (Å²) in [4.78, 5) is 40.4. The van der Waals surface area contributed by atoms with E-state index in [2.05, 4.69) is 15.4 Å². The molecule has 0 bridgehead atoms. The Bertz CT molecular complexity index is 1050. The summed E-state index contributed by atoms with van der Waals surface area (Å²) in [6, 6.07) is 5.33. The number of carbonyl (C=O) groups excluding carboxylic acids is 3. The minimum absolute atomic E-state index is 0.0544. The number of nitrogens with two attached hydrogens (primary N) is 1. The Balaban J connectivity index is 1.96. The minimum atomic E-state index is -0.867. The third kappa shape index (κ3) is 3.22. The van der Waals surface area contributed by atoms with Crippen molar-refractivity contribution in [2.75, 3.05) is 5.32 Å². The number of amides is 2. The number of nitrogens with one attached hydrogen (secondary N) is 1. The van der Waals surface area contributed by atoms with Gasteiger partial charge in [0.1, 0.15) is 11.3 Å². The van der Waals surface area contributed by atoms with Gasteiger partial charge in [0.05, 0.1) is 23.0 Å². The number of pyridine rings is 1. The largest absolute Gasteiger partial charge is 0.444 e. The highest BCUT2D eigenvalue weighted by molar-refractivity contribution is 6.13. The average molecular weight is 367 g/mol. The number of anilines is 1. The standard InChI is InChI=1S/C18H17N5O4/c1-9-12(8-21-23(9)13-6-4-5-7-20-13)17(26)22-18-15(16(19)25)14(10(2)24)11(3)27-18/h4-8H,1-3H3,(H2,19,25)(H,22,26). The highest BCUT2D eigenvalue weighted by Crippen LogP contribution is 2.28. The van der Waals surface area contributed by atoms with Crippen LogP contribution in [0.1, 0.15) is 49.5 Å². The summed E-state index contributed by atoms with van der Waals surface area (Å²) in [7, 11) is 0. The van der Waals surface area contributed by atoms with E-state index < -0.39 is 11.8 Å². The summed E-state index contributed by atoms with van der Waals surface area (Å²) in [6.07, 6.45) is 3.00. The summed E-state index contributed by atoms with van der Waals surface area (Å²) in [5.41, 5.74) is 6.07. The normalized spacial score (nSPS) is 10.6. The van der Waals surface area contributed by atoms with Crippen LogP contribution in [0.25, 0.3) is 5.82 Å². The molecule has 0 unspecified atom stereocenters. The fourth-order valence-corrected chi connectivity index (χ4v) is 2.80. The molecule has 0 saturated carbocycles. The predicted octanol–water partition coefficient (Wildman–Crippen LogP) is 2.03. The Morgan fingerprint density at radius 1 is 1.19 bits per heavy atom. The molecular formula is C18H17N5O4. The fraction of sp³-hybridized carbons (Fsp3) is 0.167. The highest BCUT2D eigenvalue weighted by Gasteiger charge is 2.27. The summed E-state index contributed by atoms with van der Waals surface area (Å²) in [5, 5.41) is 6.67. The third-order valence-electron chi connectivity index (χ3n) is 4.03. The molecule has 0 spiro atoms. The molecule has 3 heterocycles. The van der Waals surface area contributed by atoms with Gasteiger partial charge in [0, 0.05) is 6.20 Å². The zero-order valence-corrected chi connectivity index (χ0v) is 14.9. The number of hydrogen-bond acceptors (Lipinski definition) is 6. The number of nitrogens with zero attached hydrogens (tertiary/aromatic N) is 3. The first-order valence-electron chi connectivity index (χ1n) is 8.02. The van der Waals surface area contributed by atoms with Crippen LogP contribution in [0.2, 0.25) is 0 Å². The maximum Gasteiger partial charge on any atom is 0.261 e. The number of aryl methyl sites for hydroxylation is 1. The van der Waals surface area contributed by atoms with Gasteiger partial charge in [0.15, 0.2) is 11.6 Å². The Morgan fingerprint density at radius 2 is 1.93 bits per heavy atom. The van der Waals surface area contributed by atoms with Crippen molar-refractivity contribution in [3.8, 4) is 5.82 Å². The summed E-state index contributed by atoms with van der Waals surface area (Å²) in [6.45, 7) is 4.51. The van der Waals surface area contributed by atoms with Crippen molar-refractivity contribution in [3.05, 3.63) is 58.7 Å². The van der Waals surface area contributed by atoms with E-state index >= 15 is 0 Å². The summed E-state index contributed by atoms with van der Waals surface area (Å²) < 4.78 is 6.91. The van der Waals surface area contributed by atoms with Crippen LogP contribution < -0.4 is 11.1 Å². The van der Waals surface area contributed by atoms with Crippen LogP contribution in [0.15, 0.2) is 35.0 Å². The lowest BCUT2D eigenvalue weighted by molar-refractivity contribution is 0.0974. The number of furan rings is 1. The van der Waals surface area contributed by atoms with Crippen LogP contribution in [-0.2, 0) is 0 Å². The second-order valence-electron chi connectivity index (χ2n) is 5.86. The van der Waals surface area contributed by atoms with Crippen molar-refractivity contribution in [3.63, 3.8) is 0 Å². The van der Waals surface area contributed by atoms with E-state index in [-0.39, 0.29) is 34.1 Å². The maximum absolute atomic E-state index is 12.7. The Morgan fingerprint density at radius 3 is 2.52 bits per heavy atom. The van der Waals surface area contributed by atoms with Gasteiger partial charge >= 0.3 is 0 Å². The van der Waals surface area contributed by atoms with Crippen molar-refractivity contribution >= 4 is 23.5 Å². The van der Waals surface area contributed by atoms with Crippen LogP contribution in [0.4, 0.5) is 5.88 Å². The first-order chi connectivity index (χ1) is 12.8. The number of ketones is 1. The molecule has 27 heavy (non-hydrogen) atoms. The lowest BCUT2D eigenvalue weighted by atomic mass is 10.1. The molecule has 0 fully saturated rings. The van der Waals surface area contributed by atoms with Gasteiger partial charge in [-0.2, -0.15) is 5.10 Å². The quantitative estimate of drug-likeness (QED) is 0.663. The van der Waals surface area contributed by atoms with Crippen molar-refractivity contribution in [1.82, 2.24) is 14.8 Å². The second kappa shape index (κ2) is 6.87. The summed E-state index contributed by atoms with van der Waals surface area (Å²) in [5.74, 6) is -1.22. The van der Waals surface area contributed by atoms with E-state index in [4.69, 9.17) is 10.2 Å². The Kier molecular flexibility index (Phi) is 4.59. The molecule has 0 aromatic carbocycles. The van der Waals surface area contributed by atoms with Crippen molar-refractivity contribution in [1.29, 1.82) is 0 Å². The van der Waals surface area contributed by atoms with Gasteiger partial charge in [-0.3, -0.25) is 19.7 Å². The molecule has 0 atom stereocenters. The molecule has 0 aliphatic heterocycles. The topological polar surface area (TPSA) is 133 Å². The first kappa shape index (κ1) is 18.1. The maximum atomic E-state index is 12.7. The molecule has 0 aliphatic rings. The average Bonchev–Trinajstić information content (AvgIpc) is 3.15. The van der Waals surface area contributed by atoms with Gasteiger partial charge < -0.3 is 10.2 Å². The number of carbonyl (C=O) groups is 3. The van der Waals surface area contributed by atoms with Gasteiger partial charge in [0.25, 0.3) is 11.8 Å². The van der Waals surface area contributed by atoms with Gasteiger partial charge in [-0.15, -0.1) is 0 Å². The monoisotopic (exact) mass is 367 g/mol. The van der Waals surface area contributed by atoms with E-state index in [9.17, 15) is 14.4 Å². The van der Waals surface area contributed by atoms with Crippen LogP contribution >= 0.6 is 0 Å². The zero-order valence-electron chi connectivity index (χ0n) is 14.9. The SMILES string of the molecule is CC(=O)c1c(C)oc(NC(=O)c2cnn(-c3ccccn3)c2C)c1C(N)=O. The molecule has 3 aromatic heterocycles. The van der Waals surface area contributed by atoms with Crippen molar-refractivity contribution < 1.29 is 18.8 Å². The minimum Gasteiger partial charge on any atom is -0.444 e. The Labute approximate surface area is 154 Å². The molecule has 9 nitrogen and oxygen atoms in total. The molecule has 0 saturated heterocycles. The molecule has 0 radical (unpaired) electrons. The fourth-order valence-electron chi connectivity index (χ4n) is 2.80. The molecule has 9 heteroatoms. The van der Waals surface area contributed by atoms with Crippen LogP contribution in [0.5, 0.6) is 0 Å². The van der Waals surface area contributed by atoms with Gasteiger partial charge in [0.2, 0.25) is 5.88 Å². The van der Waals surface area contributed by atoms with E-state index in [1.807, 2.05) is 0 Å². The Hall–Kier alpha value is -3.75. The number of Topliss-reactive ketones (excluding diaryl/α,β-unsaturated/α-hetero) is 1.